The average molecular weight is 710 g/mol. The molecule has 1 radical (unpaired) electrons. The van der Waals surface area contributed by atoms with Crippen LogP contribution in [0.15, 0.2) is 84.8 Å². The average Bonchev–Trinajstić information content (AvgIpc) is 2.86. The molecule has 0 amide bonds. The fraction of sp³-hybridized carbons (Fsp3) is 0.278. The summed E-state index contributed by atoms with van der Waals surface area (Å²) in [4.78, 5) is 13.5. The Bertz CT molecular complexity index is 1720. The Balaban J connectivity index is 0.000000346. The summed E-state index contributed by atoms with van der Waals surface area (Å²) in [6.45, 7) is 16.1. The van der Waals surface area contributed by atoms with Gasteiger partial charge >= 0.3 is 5.78 Å². The Labute approximate surface area is 251 Å². The topological polar surface area (TPSA) is 54.5 Å². The molecule has 1 aromatic heterocycles. The third-order valence-electron chi connectivity index (χ3n) is 6.95. The van der Waals surface area contributed by atoms with Crippen LogP contribution in [-0.2, 0) is 25.5 Å². The van der Waals surface area contributed by atoms with Crippen LogP contribution in [0, 0.1) is 18.4 Å². The number of pyridine rings is 1. The summed E-state index contributed by atoms with van der Waals surface area (Å²) < 4.78 is 0. The van der Waals surface area contributed by atoms with Crippen LogP contribution in [0.3, 0.4) is 0 Å². The van der Waals surface area contributed by atoms with E-state index < -0.39 is 0 Å². The molecule has 0 fully saturated rings. The summed E-state index contributed by atoms with van der Waals surface area (Å²) in [7, 11) is 0. The maximum Gasteiger partial charge on any atom is 0.316 e. The molecule has 40 heavy (non-hydrogen) atoms. The van der Waals surface area contributed by atoms with E-state index in [0.717, 1.165) is 11.3 Å². The Morgan fingerprint density at radius 1 is 0.825 bits per heavy atom. The Hall–Kier alpha value is -3.33. The summed E-state index contributed by atoms with van der Waals surface area (Å²) in [6, 6.07) is 27.5. The van der Waals surface area contributed by atoms with E-state index in [2.05, 4.69) is 94.4 Å². The molecule has 0 bridgehead atoms. The first-order valence-corrected chi connectivity index (χ1v) is 13.4. The maximum atomic E-state index is 9.24. The van der Waals surface area contributed by atoms with Gasteiger partial charge in [-0.05, 0) is 55.1 Å². The van der Waals surface area contributed by atoms with E-state index in [1.54, 1.807) is 0 Å². The van der Waals surface area contributed by atoms with Gasteiger partial charge < -0.3 is 10.1 Å². The Morgan fingerprint density at radius 3 is 2.02 bits per heavy atom. The standard InChI is InChI=1S/C28H24N.C8H14O2.Ir/c1-18-6-5-7-20(16-18)27-25-13-12-23-22(24(25)14-15-29-27)11-9-19-8-10-21(17-26(19)23)28(2,3)4;1-6(9)5-7(10)8(2,3)4;/h5-6,8-17H,1-4H3;5,10H,1-4H3;/q-1;;/p+1/b;7-5-;. The number of benzene rings is 4. The number of aryl methyl sites for hydroxylation is 1. The quantitative estimate of drug-likeness (QED) is 0.0653. The molecule has 0 saturated heterocycles. The first-order chi connectivity index (χ1) is 18.3. The van der Waals surface area contributed by atoms with Gasteiger partial charge in [0.05, 0.1) is 13.0 Å². The number of aliphatic hydroxyl groups excluding tert-OH is 1. The van der Waals surface area contributed by atoms with Crippen molar-refractivity contribution in [3.05, 3.63) is 102 Å². The van der Waals surface area contributed by atoms with Crippen molar-refractivity contribution in [1.82, 2.24) is 4.98 Å². The molecular formula is C36H39IrNO2. The van der Waals surface area contributed by atoms with Gasteiger partial charge in [0.2, 0.25) is 0 Å². The van der Waals surface area contributed by atoms with Crippen molar-refractivity contribution in [1.29, 1.82) is 0 Å². The number of rotatable bonds is 2. The van der Waals surface area contributed by atoms with Crippen LogP contribution in [-0.4, -0.2) is 20.7 Å². The second-order valence-electron chi connectivity index (χ2n) is 12.4. The molecule has 0 saturated carbocycles. The van der Waals surface area contributed by atoms with E-state index >= 15 is 0 Å². The van der Waals surface area contributed by atoms with Gasteiger partial charge in [-0.3, -0.25) is 4.79 Å². The number of carbonyl (C=O) groups excluding carboxylic acids is 1. The summed E-state index contributed by atoms with van der Waals surface area (Å²) in [6.07, 6.45) is 3.28. The molecule has 4 aromatic carbocycles. The van der Waals surface area contributed by atoms with Crippen LogP contribution in [0.5, 0.6) is 0 Å². The van der Waals surface area contributed by atoms with E-state index in [9.17, 15) is 5.11 Å². The SMILES string of the molecule is CC(=[OH+])/C=C(\O)C(C)(C)C.Cc1cc[c-]c(-c2nccc3c2ccc2c4cc(C(C)(C)C)ccc4ccc32)c1.[Ir]. The van der Waals surface area contributed by atoms with Gasteiger partial charge in [-0.2, -0.15) is 0 Å². The number of allylic oxidation sites excluding steroid dienone is 2. The van der Waals surface area contributed by atoms with Crippen LogP contribution < -0.4 is 0 Å². The molecule has 0 spiro atoms. The van der Waals surface area contributed by atoms with Gasteiger partial charge in [0.1, 0.15) is 5.76 Å². The molecule has 1 heterocycles. The fourth-order valence-corrected chi connectivity index (χ4v) is 4.61. The molecule has 0 aliphatic carbocycles. The van der Waals surface area contributed by atoms with Crippen molar-refractivity contribution in [2.75, 3.05) is 0 Å². The summed E-state index contributed by atoms with van der Waals surface area (Å²) in [5, 5.41) is 16.8. The monoisotopic (exact) mass is 710 g/mol. The minimum absolute atomic E-state index is 0. The largest absolute Gasteiger partial charge is 0.511 e. The van der Waals surface area contributed by atoms with Crippen LogP contribution in [0.2, 0.25) is 0 Å². The van der Waals surface area contributed by atoms with Crippen molar-refractivity contribution in [3.8, 4) is 11.3 Å². The van der Waals surface area contributed by atoms with Gasteiger partial charge in [-0.15, -0.1) is 35.4 Å². The number of aromatic nitrogens is 1. The van der Waals surface area contributed by atoms with E-state index in [1.807, 2.05) is 33.0 Å². The molecule has 0 aliphatic rings. The molecule has 5 rings (SSSR count). The van der Waals surface area contributed by atoms with Crippen LogP contribution in [0.1, 0.15) is 59.6 Å². The van der Waals surface area contributed by atoms with Crippen molar-refractivity contribution in [2.24, 2.45) is 5.41 Å². The molecule has 0 unspecified atom stereocenters. The van der Waals surface area contributed by atoms with Gasteiger partial charge in [0.25, 0.3) is 0 Å². The summed E-state index contributed by atoms with van der Waals surface area (Å²) in [5.74, 6) is 0.333. The minimum atomic E-state index is -0.274. The van der Waals surface area contributed by atoms with E-state index in [0.29, 0.717) is 0 Å². The zero-order valence-corrected chi connectivity index (χ0v) is 27.1. The summed E-state index contributed by atoms with van der Waals surface area (Å²) >= 11 is 0. The molecule has 3 nitrogen and oxygen atoms in total. The molecule has 5 aromatic rings. The second kappa shape index (κ2) is 12.0. The smallest absolute Gasteiger partial charge is 0.316 e. The van der Waals surface area contributed by atoms with Gasteiger partial charge in [0.15, 0.2) is 0 Å². The second-order valence-corrected chi connectivity index (χ2v) is 12.4. The molecular weight excluding hydrogens is 671 g/mol. The number of ketones is 1. The molecule has 0 atom stereocenters. The van der Waals surface area contributed by atoms with E-state index in [1.165, 1.54) is 56.4 Å². The third-order valence-corrected chi connectivity index (χ3v) is 6.95. The van der Waals surface area contributed by atoms with E-state index in [-0.39, 0.29) is 42.5 Å². The van der Waals surface area contributed by atoms with Crippen molar-refractivity contribution in [2.45, 2.75) is 60.8 Å². The molecule has 4 heteroatoms. The Morgan fingerprint density at radius 2 is 1.43 bits per heavy atom. The summed E-state index contributed by atoms with van der Waals surface area (Å²) in [5.41, 5.74) is 4.48. The van der Waals surface area contributed by atoms with Crippen LogP contribution in [0.25, 0.3) is 43.6 Å². The third kappa shape index (κ3) is 6.86. The van der Waals surface area contributed by atoms with Crippen molar-refractivity contribution >= 4 is 38.1 Å². The van der Waals surface area contributed by atoms with Gasteiger partial charge in [0, 0.05) is 31.7 Å². The minimum Gasteiger partial charge on any atom is -0.511 e. The number of fused-ring (bicyclic) bond motifs is 5. The first kappa shape index (κ1) is 31.2. The van der Waals surface area contributed by atoms with Crippen molar-refractivity contribution < 1.29 is 30.0 Å². The molecule has 2 N–H and O–H groups in total. The predicted octanol–water partition coefficient (Wildman–Crippen LogP) is 9.65. The number of hydrogen-bond donors (Lipinski definition) is 1. The zero-order valence-electron chi connectivity index (χ0n) is 24.7. The zero-order chi connectivity index (χ0) is 28.5. The van der Waals surface area contributed by atoms with Gasteiger partial charge in [-0.1, -0.05) is 90.9 Å². The number of aliphatic hydroxyl groups is 1. The van der Waals surface area contributed by atoms with Crippen molar-refractivity contribution in [3.63, 3.8) is 0 Å². The maximum absolute atomic E-state index is 9.24. The van der Waals surface area contributed by atoms with Crippen LogP contribution >= 0.6 is 0 Å². The molecule has 0 aliphatic heterocycles. The van der Waals surface area contributed by atoms with Gasteiger partial charge in [-0.25, -0.2) is 0 Å². The van der Waals surface area contributed by atoms with E-state index in [4.69, 9.17) is 9.78 Å². The normalized spacial score (nSPS) is 12.2. The number of nitrogens with zero attached hydrogens (tertiary/aromatic N) is 1. The van der Waals surface area contributed by atoms with Crippen LogP contribution in [0.4, 0.5) is 0 Å². The number of hydrogen-bond acceptors (Lipinski definition) is 2. The first-order valence-electron chi connectivity index (χ1n) is 13.4. The molecule has 209 valence electrons. The predicted molar refractivity (Wildman–Crippen MR) is 167 cm³/mol. The fourth-order valence-electron chi connectivity index (χ4n) is 4.61. The Kier molecular flexibility index (Phi) is 9.39.